The molecule has 154 valence electrons. The number of fused-ring (bicyclic) bond motifs is 3. The highest BCUT2D eigenvalue weighted by molar-refractivity contribution is 6.30. The Morgan fingerprint density at radius 2 is 1.87 bits per heavy atom. The Kier molecular flexibility index (Phi) is 5.70. The number of ether oxygens (including phenoxy) is 2. The summed E-state index contributed by atoms with van der Waals surface area (Å²) in [7, 11) is 1.67. The fourth-order valence-electron chi connectivity index (χ4n) is 3.57. The number of para-hydroxylation sites is 1. The molecule has 0 bridgehead atoms. The minimum absolute atomic E-state index is 0.0729. The first-order valence-electron chi connectivity index (χ1n) is 9.67. The van der Waals surface area contributed by atoms with Crippen LogP contribution in [0.1, 0.15) is 31.3 Å². The molecule has 0 aliphatic carbocycles. The highest BCUT2D eigenvalue weighted by atomic mass is 35.5. The van der Waals surface area contributed by atoms with E-state index in [1.54, 1.807) is 25.4 Å². The number of halogens is 1. The summed E-state index contributed by atoms with van der Waals surface area (Å²) < 4.78 is 13.3. The second-order valence-electron chi connectivity index (χ2n) is 7.18. The minimum Gasteiger partial charge on any atom is -0.449 e. The van der Waals surface area contributed by atoms with E-state index in [1.165, 1.54) is 6.92 Å². The van der Waals surface area contributed by atoms with Gasteiger partial charge in [-0.3, -0.25) is 9.78 Å². The fraction of sp³-hybridized carbons (Fsp3) is 0.261. The van der Waals surface area contributed by atoms with Crippen molar-refractivity contribution in [3.63, 3.8) is 0 Å². The molecule has 2 aromatic carbocycles. The van der Waals surface area contributed by atoms with E-state index in [0.717, 1.165) is 27.5 Å². The zero-order valence-corrected chi connectivity index (χ0v) is 17.8. The Balaban J connectivity index is 1.99. The Bertz CT molecular complexity index is 1200. The standard InChI is InChI=1S/C23H22ClN3O3/c1-14(29-3)13-27-21-18-6-4-5-7-19(18)25-12-20(21)26-23(27)22(30-15(2)28)16-8-10-17(24)11-9-16/h4-12,14,22H,13H2,1-3H3. The first-order valence-corrected chi connectivity index (χ1v) is 10.0. The molecular formula is C23H22ClN3O3. The number of benzene rings is 2. The van der Waals surface area contributed by atoms with E-state index < -0.39 is 12.1 Å². The van der Waals surface area contributed by atoms with Crippen LogP contribution in [0.4, 0.5) is 0 Å². The topological polar surface area (TPSA) is 66.2 Å². The summed E-state index contributed by atoms with van der Waals surface area (Å²) in [5, 5.41) is 1.59. The molecule has 2 atom stereocenters. The van der Waals surface area contributed by atoms with E-state index in [1.807, 2.05) is 43.3 Å². The third-order valence-corrected chi connectivity index (χ3v) is 5.29. The van der Waals surface area contributed by atoms with Gasteiger partial charge in [0.25, 0.3) is 0 Å². The zero-order chi connectivity index (χ0) is 21.3. The number of aromatic nitrogens is 3. The lowest BCUT2D eigenvalue weighted by molar-refractivity contribution is -0.145. The molecule has 0 aliphatic heterocycles. The molecule has 0 aliphatic rings. The number of carbonyl (C=O) groups excluding carboxylic acids is 1. The molecule has 2 unspecified atom stereocenters. The Hall–Kier alpha value is -2.96. The highest BCUT2D eigenvalue weighted by Crippen LogP contribution is 2.32. The molecule has 2 aromatic heterocycles. The number of nitrogens with zero attached hydrogens (tertiary/aromatic N) is 3. The van der Waals surface area contributed by atoms with Gasteiger partial charge in [0, 0.05) is 30.0 Å². The molecule has 4 aromatic rings. The highest BCUT2D eigenvalue weighted by Gasteiger charge is 2.26. The summed E-state index contributed by atoms with van der Waals surface area (Å²) in [5.41, 5.74) is 3.33. The van der Waals surface area contributed by atoms with Crippen LogP contribution in [0.2, 0.25) is 5.02 Å². The van der Waals surface area contributed by atoms with Crippen LogP contribution in [0.25, 0.3) is 21.9 Å². The number of esters is 1. The molecule has 4 rings (SSSR count). The maximum Gasteiger partial charge on any atom is 0.303 e. The predicted octanol–water partition coefficient (Wildman–Crippen LogP) is 4.93. The zero-order valence-electron chi connectivity index (χ0n) is 17.0. The maximum absolute atomic E-state index is 12.0. The molecule has 0 amide bonds. The van der Waals surface area contributed by atoms with Crippen LogP contribution in [0.3, 0.4) is 0 Å². The van der Waals surface area contributed by atoms with Crippen molar-refractivity contribution in [2.45, 2.75) is 32.6 Å². The predicted molar refractivity (Wildman–Crippen MR) is 117 cm³/mol. The molecular weight excluding hydrogens is 402 g/mol. The lowest BCUT2D eigenvalue weighted by Gasteiger charge is -2.21. The van der Waals surface area contributed by atoms with Gasteiger partial charge in [-0.1, -0.05) is 41.9 Å². The molecule has 0 spiro atoms. The van der Waals surface area contributed by atoms with Gasteiger partial charge in [0.1, 0.15) is 5.52 Å². The van der Waals surface area contributed by atoms with E-state index in [4.69, 9.17) is 26.1 Å². The van der Waals surface area contributed by atoms with E-state index >= 15 is 0 Å². The smallest absolute Gasteiger partial charge is 0.303 e. The van der Waals surface area contributed by atoms with Gasteiger partial charge in [-0.25, -0.2) is 4.98 Å². The third-order valence-electron chi connectivity index (χ3n) is 5.04. The minimum atomic E-state index is -0.685. The summed E-state index contributed by atoms with van der Waals surface area (Å²) in [6.07, 6.45) is 0.994. The van der Waals surface area contributed by atoms with Crippen molar-refractivity contribution in [3.8, 4) is 0 Å². The van der Waals surface area contributed by atoms with Gasteiger partial charge in [-0.05, 0) is 25.1 Å². The van der Waals surface area contributed by atoms with Gasteiger partial charge in [-0.15, -0.1) is 0 Å². The monoisotopic (exact) mass is 423 g/mol. The van der Waals surface area contributed by atoms with Gasteiger partial charge in [-0.2, -0.15) is 0 Å². The van der Waals surface area contributed by atoms with Crippen molar-refractivity contribution in [2.75, 3.05) is 7.11 Å². The Morgan fingerprint density at radius 1 is 1.13 bits per heavy atom. The van der Waals surface area contributed by atoms with Crippen LogP contribution < -0.4 is 0 Å². The summed E-state index contributed by atoms with van der Waals surface area (Å²) in [6.45, 7) is 3.93. The van der Waals surface area contributed by atoms with Crippen molar-refractivity contribution in [2.24, 2.45) is 0 Å². The van der Waals surface area contributed by atoms with E-state index in [2.05, 4.69) is 9.55 Å². The van der Waals surface area contributed by atoms with Crippen molar-refractivity contribution in [3.05, 3.63) is 71.1 Å². The number of methoxy groups -OCH3 is 1. The van der Waals surface area contributed by atoms with Gasteiger partial charge >= 0.3 is 5.97 Å². The molecule has 30 heavy (non-hydrogen) atoms. The first-order chi connectivity index (χ1) is 14.5. The summed E-state index contributed by atoms with van der Waals surface area (Å²) >= 11 is 6.06. The molecule has 0 fully saturated rings. The number of carbonyl (C=O) groups is 1. The van der Waals surface area contributed by atoms with Gasteiger partial charge in [0.05, 0.1) is 29.9 Å². The summed E-state index contributed by atoms with van der Waals surface area (Å²) in [4.78, 5) is 21.3. The lowest BCUT2D eigenvalue weighted by atomic mass is 10.1. The second kappa shape index (κ2) is 8.42. The number of hydrogen-bond donors (Lipinski definition) is 0. The first kappa shape index (κ1) is 20.3. The lowest BCUT2D eigenvalue weighted by Crippen LogP contribution is -2.21. The maximum atomic E-state index is 12.0. The van der Waals surface area contributed by atoms with Crippen LogP contribution in [0.15, 0.2) is 54.7 Å². The number of imidazole rings is 1. The largest absolute Gasteiger partial charge is 0.449 e. The molecule has 0 N–H and O–H groups in total. The molecule has 6 nitrogen and oxygen atoms in total. The van der Waals surface area contributed by atoms with Gasteiger partial charge in [0.2, 0.25) is 0 Å². The number of hydrogen-bond acceptors (Lipinski definition) is 5. The van der Waals surface area contributed by atoms with E-state index in [9.17, 15) is 4.79 Å². The molecule has 7 heteroatoms. The molecule has 0 radical (unpaired) electrons. The van der Waals surface area contributed by atoms with E-state index in [0.29, 0.717) is 17.4 Å². The Labute approximate surface area is 179 Å². The SMILES string of the molecule is COC(C)Cn1c(C(OC(C)=O)c2ccc(Cl)cc2)nc2cnc3ccccc3c21. The van der Waals surface area contributed by atoms with Crippen LogP contribution in [0, 0.1) is 0 Å². The Morgan fingerprint density at radius 3 is 2.57 bits per heavy atom. The number of rotatable bonds is 6. The van der Waals surface area contributed by atoms with Crippen molar-refractivity contribution >= 4 is 39.5 Å². The summed E-state index contributed by atoms with van der Waals surface area (Å²) in [6, 6.07) is 15.1. The normalized spacial score (nSPS) is 13.5. The van der Waals surface area contributed by atoms with Crippen LogP contribution in [0.5, 0.6) is 0 Å². The van der Waals surface area contributed by atoms with Crippen molar-refractivity contribution in [1.29, 1.82) is 0 Å². The summed E-state index contributed by atoms with van der Waals surface area (Å²) in [5.74, 6) is 0.223. The van der Waals surface area contributed by atoms with Crippen LogP contribution in [-0.2, 0) is 20.8 Å². The van der Waals surface area contributed by atoms with Crippen molar-refractivity contribution in [1.82, 2.24) is 14.5 Å². The number of pyridine rings is 1. The molecule has 2 heterocycles. The van der Waals surface area contributed by atoms with Crippen LogP contribution in [-0.4, -0.2) is 33.7 Å². The fourth-order valence-corrected chi connectivity index (χ4v) is 3.70. The van der Waals surface area contributed by atoms with Gasteiger partial charge in [0.15, 0.2) is 11.9 Å². The third kappa shape index (κ3) is 3.88. The second-order valence-corrected chi connectivity index (χ2v) is 7.61. The van der Waals surface area contributed by atoms with Gasteiger partial charge < -0.3 is 14.0 Å². The molecule has 0 saturated carbocycles. The van der Waals surface area contributed by atoms with Crippen LogP contribution >= 0.6 is 11.6 Å². The average molecular weight is 424 g/mol. The van der Waals surface area contributed by atoms with E-state index in [-0.39, 0.29) is 6.10 Å². The average Bonchev–Trinajstić information content (AvgIpc) is 3.11. The van der Waals surface area contributed by atoms with Crippen molar-refractivity contribution < 1.29 is 14.3 Å². The quantitative estimate of drug-likeness (QED) is 0.411. The molecule has 0 saturated heterocycles.